The highest BCUT2D eigenvalue weighted by atomic mass is 16.5. The number of hydrogen-bond donors (Lipinski definition) is 1. The third kappa shape index (κ3) is 3.27. The lowest BCUT2D eigenvalue weighted by Gasteiger charge is -2.28. The molecule has 6 nitrogen and oxygen atoms in total. The molecule has 1 heterocycles. The fourth-order valence-electron chi connectivity index (χ4n) is 3.06. The van der Waals surface area contributed by atoms with E-state index in [1.807, 2.05) is 0 Å². The molecule has 0 aliphatic heterocycles. The lowest BCUT2D eigenvalue weighted by atomic mass is 9.93. The topological polar surface area (TPSA) is 73.2 Å². The van der Waals surface area contributed by atoms with Crippen LogP contribution in [0.25, 0.3) is 10.9 Å². The Labute approximate surface area is 134 Å². The van der Waals surface area contributed by atoms with Gasteiger partial charge in [0.25, 0.3) is 11.5 Å². The molecule has 1 N–H and O–H groups in total. The Morgan fingerprint density at radius 2 is 2.04 bits per heavy atom. The molecule has 1 aliphatic rings. The highest BCUT2D eigenvalue weighted by Crippen LogP contribution is 2.21. The first kappa shape index (κ1) is 15.7. The SMILES string of the molecule is COC1CCC(NC(=O)c2ccc3c(=O)n(C)cnc3c2)CC1. The highest BCUT2D eigenvalue weighted by molar-refractivity contribution is 5.97. The number of benzene rings is 1. The number of hydrogen-bond acceptors (Lipinski definition) is 4. The molecule has 0 radical (unpaired) electrons. The molecule has 0 spiro atoms. The summed E-state index contributed by atoms with van der Waals surface area (Å²) in [7, 11) is 3.39. The Balaban J connectivity index is 1.74. The van der Waals surface area contributed by atoms with Gasteiger partial charge in [0, 0.05) is 25.8 Å². The molecule has 0 atom stereocenters. The van der Waals surface area contributed by atoms with Crippen molar-refractivity contribution in [2.45, 2.75) is 37.8 Å². The van der Waals surface area contributed by atoms with Gasteiger partial charge in [0.05, 0.1) is 23.3 Å². The zero-order valence-corrected chi connectivity index (χ0v) is 13.4. The van der Waals surface area contributed by atoms with E-state index in [2.05, 4.69) is 10.3 Å². The molecule has 1 saturated carbocycles. The van der Waals surface area contributed by atoms with Crippen LogP contribution in [0.2, 0.25) is 0 Å². The summed E-state index contributed by atoms with van der Waals surface area (Å²) in [6.07, 6.45) is 5.57. The van der Waals surface area contributed by atoms with Crippen LogP contribution in [0.15, 0.2) is 29.3 Å². The van der Waals surface area contributed by atoms with Gasteiger partial charge in [0.2, 0.25) is 0 Å². The number of ether oxygens (including phenoxy) is 1. The molecular formula is C17H21N3O3. The molecule has 23 heavy (non-hydrogen) atoms. The van der Waals surface area contributed by atoms with Gasteiger partial charge < -0.3 is 14.6 Å². The Morgan fingerprint density at radius 3 is 2.74 bits per heavy atom. The molecule has 3 rings (SSSR count). The Morgan fingerprint density at radius 1 is 1.30 bits per heavy atom. The number of nitrogens with one attached hydrogen (secondary N) is 1. The summed E-state index contributed by atoms with van der Waals surface area (Å²) in [4.78, 5) is 28.6. The molecule has 1 aromatic carbocycles. The minimum absolute atomic E-state index is 0.111. The number of carbonyl (C=O) groups excluding carboxylic acids is 1. The largest absolute Gasteiger partial charge is 0.381 e. The van der Waals surface area contributed by atoms with E-state index < -0.39 is 0 Å². The van der Waals surface area contributed by atoms with Crippen molar-refractivity contribution in [2.75, 3.05) is 7.11 Å². The van der Waals surface area contributed by atoms with Crippen LogP contribution in [0.1, 0.15) is 36.0 Å². The van der Waals surface area contributed by atoms with E-state index in [0.29, 0.717) is 22.6 Å². The maximum atomic E-state index is 12.4. The summed E-state index contributed by atoms with van der Waals surface area (Å²) in [5.41, 5.74) is 0.968. The van der Waals surface area contributed by atoms with Crippen molar-refractivity contribution < 1.29 is 9.53 Å². The first-order chi connectivity index (χ1) is 11.1. The first-order valence-electron chi connectivity index (χ1n) is 7.87. The van der Waals surface area contributed by atoms with Crippen molar-refractivity contribution in [1.82, 2.24) is 14.9 Å². The van der Waals surface area contributed by atoms with Crippen LogP contribution < -0.4 is 10.9 Å². The third-order valence-electron chi connectivity index (χ3n) is 4.52. The van der Waals surface area contributed by atoms with Crippen LogP contribution in [-0.4, -0.2) is 34.7 Å². The van der Waals surface area contributed by atoms with E-state index >= 15 is 0 Å². The maximum absolute atomic E-state index is 12.4. The second-order valence-electron chi connectivity index (χ2n) is 6.08. The molecule has 0 saturated heterocycles. The number of fused-ring (bicyclic) bond motifs is 1. The molecule has 2 aromatic rings. The smallest absolute Gasteiger partial charge is 0.260 e. The standard InChI is InChI=1S/C17H21N3O3/c1-20-10-18-15-9-11(3-8-14(15)17(20)22)16(21)19-12-4-6-13(23-2)7-5-12/h3,8-10,12-13H,4-7H2,1-2H3,(H,19,21). The second kappa shape index (κ2) is 6.50. The molecular weight excluding hydrogens is 294 g/mol. The summed E-state index contributed by atoms with van der Waals surface area (Å²) < 4.78 is 6.77. The summed E-state index contributed by atoms with van der Waals surface area (Å²) in [6.45, 7) is 0. The van der Waals surface area contributed by atoms with Gasteiger partial charge in [-0.1, -0.05) is 0 Å². The van der Waals surface area contributed by atoms with E-state index in [1.165, 1.54) is 10.9 Å². The number of carbonyl (C=O) groups is 1. The van der Waals surface area contributed by atoms with Crippen LogP contribution in [0, 0.1) is 0 Å². The second-order valence-corrected chi connectivity index (χ2v) is 6.08. The summed E-state index contributed by atoms with van der Waals surface area (Å²) in [5, 5.41) is 3.59. The lowest BCUT2D eigenvalue weighted by Crippen LogP contribution is -2.38. The maximum Gasteiger partial charge on any atom is 0.260 e. The normalized spacial score (nSPS) is 21.3. The van der Waals surface area contributed by atoms with Crippen molar-refractivity contribution in [3.05, 3.63) is 40.4 Å². The van der Waals surface area contributed by atoms with Crippen LogP contribution >= 0.6 is 0 Å². The quantitative estimate of drug-likeness (QED) is 0.934. The molecule has 1 aliphatic carbocycles. The zero-order chi connectivity index (χ0) is 16.4. The average molecular weight is 315 g/mol. The third-order valence-corrected chi connectivity index (χ3v) is 4.52. The molecule has 122 valence electrons. The number of amides is 1. The number of rotatable bonds is 3. The zero-order valence-electron chi connectivity index (χ0n) is 13.4. The van der Waals surface area contributed by atoms with Gasteiger partial charge in [-0.2, -0.15) is 0 Å². The Bertz CT molecular complexity index is 776. The monoisotopic (exact) mass is 315 g/mol. The summed E-state index contributed by atoms with van der Waals surface area (Å²) >= 11 is 0. The minimum Gasteiger partial charge on any atom is -0.381 e. The predicted octanol–water partition coefficient (Wildman–Crippen LogP) is 1.62. The Hall–Kier alpha value is -2.21. The molecule has 1 aromatic heterocycles. The van der Waals surface area contributed by atoms with Gasteiger partial charge in [-0.15, -0.1) is 0 Å². The van der Waals surface area contributed by atoms with Crippen LogP contribution in [0.4, 0.5) is 0 Å². The molecule has 1 amide bonds. The van der Waals surface area contributed by atoms with Gasteiger partial charge >= 0.3 is 0 Å². The number of aryl methyl sites for hydroxylation is 1. The minimum atomic E-state index is -0.116. The number of methoxy groups -OCH3 is 1. The van der Waals surface area contributed by atoms with Crippen molar-refractivity contribution in [1.29, 1.82) is 0 Å². The fraction of sp³-hybridized carbons (Fsp3) is 0.471. The van der Waals surface area contributed by atoms with E-state index in [4.69, 9.17) is 4.74 Å². The van der Waals surface area contributed by atoms with Gasteiger partial charge in [0.1, 0.15) is 0 Å². The van der Waals surface area contributed by atoms with Crippen LogP contribution in [-0.2, 0) is 11.8 Å². The predicted molar refractivity (Wildman–Crippen MR) is 87.5 cm³/mol. The molecule has 1 fully saturated rings. The van der Waals surface area contributed by atoms with Crippen molar-refractivity contribution >= 4 is 16.8 Å². The van der Waals surface area contributed by atoms with Crippen LogP contribution in [0.5, 0.6) is 0 Å². The fourth-order valence-corrected chi connectivity index (χ4v) is 3.06. The lowest BCUT2D eigenvalue weighted by molar-refractivity contribution is 0.0599. The van der Waals surface area contributed by atoms with Crippen molar-refractivity contribution in [2.24, 2.45) is 7.05 Å². The van der Waals surface area contributed by atoms with Gasteiger partial charge in [-0.3, -0.25) is 9.59 Å². The van der Waals surface area contributed by atoms with Crippen molar-refractivity contribution in [3.63, 3.8) is 0 Å². The highest BCUT2D eigenvalue weighted by Gasteiger charge is 2.22. The van der Waals surface area contributed by atoms with E-state index in [-0.39, 0.29) is 17.5 Å². The van der Waals surface area contributed by atoms with E-state index in [1.54, 1.807) is 32.4 Å². The number of nitrogens with zero attached hydrogens (tertiary/aromatic N) is 2. The van der Waals surface area contributed by atoms with Gasteiger partial charge in [-0.25, -0.2) is 4.98 Å². The Kier molecular flexibility index (Phi) is 4.43. The van der Waals surface area contributed by atoms with E-state index in [0.717, 1.165) is 25.7 Å². The van der Waals surface area contributed by atoms with Crippen LogP contribution in [0.3, 0.4) is 0 Å². The summed E-state index contributed by atoms with van der Waals surface area (Å²) in [6, 6.07) is 5.21. The van der Waals surface area contributed by atoms with Crippen molar-refractivity contribution in [3.8, 4) is 0 Å². The number of aromatic nitrogens is 2. The average Bonchev–Trinajstić information content (AvgIpc) is 2.58. The van der Waals surface area contributed by atoms with E-state index in [9.17, 15) is 9.59 Å². The molecule has 0 unspecified atom stereocenters. The van der Waals surface area contributed by atoms with Gasteiger partial charge in [-0.05, 0) is 43.9 Å². The molecule has 6 heteroatoms. The van der Waals surface area contributed by atoms with Gasteiger partial charge in [0.15, 0.2) is 0 Å². The molecule has 0 bridgehead atoms. The first-order valence-corrected chi connectivity index (χ1v) is 7.87. The summed E-state index contributed by atoms with van der Waals surface area (Å²) in [5.74, 6) is -0.116.